The van der Waals surface area contributed by atoms with Crippen molar-refractivity contribution in [2.75, 3.05) is 44.7 Å². The van der Waals surface area contributed by atoms with E-state index in [2.05, 4.69) is 31.2 Å². The zero-order valence-electron chi connectivity index (χ0n) is 12.8. The van der Waals surface area contributed by atoms with E-state index in [1.54, 1.807) is 0 Å². The van der Waals surface area contributed by atoms with E-state index >= 15 is 0 Å². The summed E-state index contributed by atoms with van der Waals surface area (Å²) in [6.45, 7) is 9.82. The van der Waals surface area contributed by atoms with Crippen LogP contribution in [0, 0.1) is 13.8 Å². The highest BCUT2D eigenvalue weighted by Gasteiger charge is 2.10. The summed E-state index contributed by atoms with van der Waals surface area (Å²) in [5.74, 6) is 1.73. The van der Waals surface area contributed by atoms with Crippen molar-refractivity contribution < 1.29 is 4.74 Å². The first-order valence-corrected chi connectivity index (χ1v) is 7.60. The van der Waals surface area contributed by atoms with Crippen molar-refractivity contribution >= 4 is 16.9 Å². The second kappa shape index (κ2) is 6.41. The van der Waals surface area contributed by atoms with E-state index in [1.165, 1.54) is 0 Å². The number of ether oxygens (including phenoxy) is 1. The Morgan fingerprint density at radius 1 is 1.29 bits per heavy atom. The average molecular weight is 289 g/mol. The van der Waals surface area contributed by atoms with Crippen molar-refractivity contribution in [2.45, 2.75) is 20.3 Å². The Bertz CT molecular complexity index is 603. The molecule has 2 N–H and O–H groups in total. The first-order chi connectivity index (χ1) is 10.2. The van der Waals surface area contributed by atoms with E-state index in [4.69, 9.17) is 4.74 Å². The fourth-order valence-corrected chi connectivity index (χ4v) is 2.72. The summed E-state index contributed by atoms with van der Waals surface area (Å²) in [6, 6.07) is 2.10. The molecule has 1 aliphatic heterocycles. The maximum absolute atomic E-state index is 5.36. The third-order valence-electron chi connectivity index (χ3n) is 3.78. The molecule has 0 saturated carbocycles. The highest BCUT2D eigenvalue weighted by atomic mass is 16.5. The number of nitrogens with one attached hydrogen (secondary N) is 2. The van der Waals surface area contributed by atoms with Crippen LogP contribution in [0.2, 0.25) is 0 Å². The van der Waals surface area contributed by atoms with Crippen LogP contribution in [0.3, 0.4) is 0 Å². The van der Waals surface area contributed by atoms with Crippen LogP contribution in [0.1, 0.15) is 17.9 Å². The topological polar surface area (TPSA) is 66.1 Å². The van der Waals surface area contributed by atoms with Gasteiger partial charge in [0.05, 0.1) is 18.6 Å². The number of aryl methyl sites for hydroxylation is 2. The standard InChI is InChI=1S/C15H23N5O/c1-11-10-13-14(18-12(2)19-15(13)17-11)16-4-3-5-20-6-8-21-9-7-20/h10H,3-9H2,1-2H3,(H2,16,17,18,19). The number of H-pyrrole nitrogens is 1. The summed E-state index contributed by atoms with van der Waals surface area (Å²) in [5, 5.41) is 4.53. The Morgan fingerprint density at radius 2 is 2.10 bits per heavy atom. The summed E-state index contributed by atoms with van der Waals surface area (Å²) < 4.78 is 5.36. The number of aromatic nitrogens is 3. The van der Waals surface area contributed by atoms with Gasteiger partial charge in [-0.15, -0.1) is 0 Å². The van der Waals surface area contributed by atoms with Crippen LogP contribution in [0.25, 0.3) is 11.0 Å². The molecule has 21 heavy (non-hydrogen) atoms. The largest absolute Gasteiger partial charge is 0.379 e. The molecule has 0 spiro atoms. The predicted octanol–water partition coefficient (Wildman–Crippen LogP) is 1.71. The predicted molar refractivity (Wildman–Crippen MR) is 83.7 cm³/mol. The third kappa shape index (κ3) is 3.51. The van der Waals surface area contributed by atoms with Crippen LogP contribution in [0.4, 0.5) is 5.82 Å². The summed E-state index contributed by atoms with van der Waals surface area (Å²) in [4.78, 5) is 14.7. The van der Waals surface area contributed by atoms with E-state index in [0.29, 0.717) is 0 Å². The molecule has 6 heteroatoms. The number of hydrogen-bond donors (Lipinski definition) is 2. The van der Waals surface area contributed by atoms with E-state index in [9.17, 15) is 0 Å². The van der Waals surface area contributed by atoms with Crippen LogP contribution in [0.5, 0.6) is 0 Å². The third-order valence-corrected chi connectivity index (χ3v) is 3.78. The molecule has 6 nitrogen and oxygen atoms in total. The zero-order chi connectivity index (χ0) is 14.7. The van der Waals surface area contributed by atoms with Crippen LogP contribution in [0.15, 0.2) is 6.07 Å². The molecule has 3 rings (SSSR count). The zero-order valence-corrected chi connectivity index (χ0v) is 12.8. The summed E-state index contributed by atoms with van der Waals surface area (Å²) in [5.41, 5.74) is 2.02. The van der Waals surface area contributed by atoms with E-state index in [0.717, 1.165) is 74.2 Å². The lowest BCUT2D eigenvalue weighted by Gasteiger charge is -2.26. The Morgan fingerprint density at radius 3 is 2.90 bits per heavy atom. The highest BCUT2D eigenvalue weighted by molar-refractivity contribution is 5.87. The van der Waals surface area contributed by atoms with Crippen molar-refractivity contribution in [2.24, 2.45) is 0 Å². The van der Waals surface area contributed by atoms with Gasteiger partial charge >= 0.3 is 0 Å². The van der Waals surface area contributed by atoms with Gasteiger partial charge in [0.25, 0.3) is 0 Å². The van der Waals surface area contributed by atoms with Gasteiger partial charge in [0.1, 0.15) is 17.3 Å². The maximum atomic E-state index is 5.36. The molecule has 114 valence electrons. The number of fused-ring (bicyclic) bond motifs is 1. The molecule has 1 fully saturated rings. The molecule has 2 aromatic rings. The number of aromatic amines is 1. The molecule has 1 saturated heterocycles. The molecular formula is C15H23N5O. The van der Waals surface area contributed by atoms with Gasteiger partial charge in [-0.2, -0.15) is 0 Å². The van der Waals surface area contributed by atoms with Gasteiger partial charge in [-0.3, -0.25) is 4.90 Å². The fraction of sp³-hybridized carbons (Fsp3) is 0.600. The van der Waals surface area contributed by atoms with E-state index in [1.807, 2.05) is 13.8 Å². The number of hydrogen-bond acceptors (Lipinski definition) is 5. The van der Waals surface area contributed by atoms with Gasteiger partial charge in [0, 0.05) is 25.3 Å². The van der Waals surface area contributed by atoms with Crippen molar-refractivity contribution in [3.63, 3.8) is 0 Å². The molecular weight excluding hydrogens is 266 g/mol. The minimum absolute atomic E-state index is 0.792. The average Bonchev–Trinajstić information content (AvgIpc) is 2.84. The summed E-state index contributed by atoms with van der Waals surface area (Å²) in [6.07, 6.45) is 1.11. The lowest BCUT2D eigenvalue weighted by Crippen LogP contribution is -2.37. The van der Waals surface area contributed by atoms with Gasteiger partial charge in [-0.25, -0.2) is 9.97 Å². The smallest absolute Gasteiger partial charge is 0.143 e. The molecule has 0 aromatic carbocycles. The Hall–Kier alpha value is -1.66. The van der Waals surface area contributed by atoms with Gasteiger partial charge in [-0.1, -0.05) is 0 Å². The molecule has 3 heterocycles. The van der Waals surface area contributed by atoms with E-state index < -0.39 is 0 Å². The molecule has 1 aliphatic rings. The normalized spacial score (nSPS) is 16.5. The Labute approximate surface area is 124 Å². The van der Waals surface area contributed by atoms with Crippen LogP contribution < -0.4 is 5.32 Å². The van der Waals surface area contributed by atoms with Crippen molar-refractivity contribution in [3.05, 3.63) is 17.6 Å². The molecule has 0 unspecified atom stereocenters. The second-order valence-corrected chi connectivity index (χ2v) is 5.57. The Kier molecular flexibility index (Phi) is 4.36. The van der Waals surface area contributed by atoms with Gasteiger partial charge in [0.15, 0.2) is 0 Å². The summed E-state index contributed by atoms with van der Waals surface area (Å²) in [7, 11) is 0. The van der Waals surface area contributed by atoms with Crippen LogP contribution in [-0.4, -0.2) is 59.2 Å². The quantitative estimate of drug-likeness (QED) is 0.820. The monoisotopic (exact) mass is 289 g/mol. The van der Waals surface area contributed by atoms with Gasteiger partial charge in [0.2, 0.25) is 0 Å². The molecule has 0 aliphatic carbocycles. The number of rotatable bonds is 5. The van der Waals surface area contributed by atoms with Gasteiger partial charge in [-0.05, 0) is 32.9 Å². The van der Waals surface area contributed by atoms with E-state index in [-0.39, 0.29) is 0 Å². The molecule has 0 atom stereocenters. The first kappa shape index (κ1) is 14.3. The minimum Gasteiger partial charge on any atom is -0.379 e. The lowest BCUT2D eigenvalue weighted by molar-refractivity contribution is 0.0378. The minimum atomic E-state index is 0.792. The molecule has 0 radical (unpaired) electrons. The molecule has 0 amide bonds. The summed E-state index contributed by atoms with van der Waals surface area (Å²) >= 11 is 0. The van der Waals surface area contributed by atoms with Gasteiger partial charge < -0.3 is 15.0 Å². The molecule has 0 bridgehead atoms. The first-order valence-electron chi connectivity index (χ1n) is 7.60. The number of nitrogens with zero attached hydrogens (tertiary/aromatic N) is 3. The number of anilines is 1. The van der Waals surface area contributed by atoms with Crippen LogP contribution in [-0.2, 0) is 4.74 Å². The fourth-order valence-electron chi connectivity index (χ4n) is 2.72. The van der Waals surface area contributed by atoms with Crippen molar-refractivity contribution in [3.8, 4) is 0 Å². The highest BCUT2D eigenvalue weighted by Crippen LogP contribution is 2.21. The second-order valence-electron chi connectivity index (χ2n) is 5.57. The SMILES string of the molecule is Cc1nc(NCCCN2CCOCC2)c2cc(C)[nH]c2n1. The van der Waals surface area contributed by atoms with Crippen molar-refractivity contribution in [1.29, 1.82) is 0 Å². The van der Waals surface area contributed by atoms with Crippen LogP contribution >= 0.6 is 0 Å². The Balaban J connectivity index is 1.57. The lowest BCUT2D eigenvalue weighted by atomic mass is 10.3. The maximum Gasteiger partial charge on any atom is 0.143 e. The number of morpholine rings is 1. The molecule has 2 aromatic heterocycles. The van der Waals surface area contributed by atoms with Crippen molar-refractivity contribution in [1.82, 2.24) is 19.9 Å².